The Labute approximate surface area is 194 Å². The molecular formula is C25H21ClNO6-. The lowest BCUT2D eigenvalue weighted by Gasteiger charge is -2.20. The summed E-state index contributed by atoms with van der Waals surface area (Å²) in [5.41, 5.74) is 3.26. The quantitative estimate of drug-likeness (QED) is 0.418. The zero-order chi connectivity index (χ0) is 23.7. The Bertz CT molecular complexity index is 1420. The first-order valence-electron chi connectivity index (χ1n) is 10.4. The van der Waals surface area contributed by atoms with E-state index in [2.05, 4.69) is 5.32 Å². The Morgan fingerprint density at radius 3 is 2.52 bits per heavy atom. The lowest BCUT2D eigenvalue weighted by atomic mass is 10.0. The second kappa shape index (κ2) is 9.11. The van der Waals surface area contributed by atoms with Gasteiger partial charge in [-0.15, -0.1) is 0 Å². The lowest BCUT2D eigenvalue weighted by Crippen LogP contribution is -2.49. The van der Waals surface area contributed by atoms with Crippen molar-refractivity contribution < 1.29 is 23.5 Å². The van der Waals surface area contributed by atoms with Gasteiger partial charge in [0.05, 0.1) is 18.3 Å². The third-order valence-electron chi connectivity index (χ3n) is 5.75. The number of carboxylic acid groups (broad SMARTS) is 1. The van der Waals surface area contributed by atoms with E-state index in [0.29, 0.717) is 32.9 Å². The predicted molar refractivity (Wildman–Crippen MR) is 122 cm³/mol. The van der Waals surface area contributed by atoms with Gasteiger partial charge in [0.1, 0.15) is 11.2 Å². The zero-order valence-electron chi connectivity index (χ0n) is 18.1. The summed E-state index contributed by atoms with van der Waals surface area (Å²) in [6, 6.07) is 9.05. The molecule has 2 aromatic heterocycles. The normalized spacial score (nSPS) is 12.2. The summed E-state index contributed by atoms with van der Waals surface area (Å²) in [4.78, 5) is 36.6. The van der Waals surface area contributed by atoms with Gasteiger partial charge in [-0.25, -0.2) is 4.79 Å². The van der Waals surface area contributed by atoms with Crippen LogP contribution < -0.4 is 16.0 Å². The van der Waals surface area contributed by atoms with Crippen molar-refractivity contribution in [1.29, 1.82) is 0 Å². The van der Waals surface area contributed by atoms with E-state index >= 15 is 0 Å². The molecular weight excluding hydrogens is 446 g/mol. The average Bonchev–Trinajstić information content (AvgIpc) is 3.13. The fourth-order valence-corrected chi connectivity index (χ4v) is 4.01. The van der Waals surface area contributed by atoms with Crippen molar-refractivity contribution in [2.24, 2.45) is 0 Å². The van der Waals surface area contributed by atoms with Crippen LogP contribution in [0.1, 0.15) is 28.7 Å². The molecule has 4 aromatic rings. The van der Waals surface area contributed by atoms with Crippen LogP contribution in [0.4, 0.5) is 0 Å². The van der Waals surface area contributed by atoms with Crippen LogP contribution in [0.15, 0.2) is 56.3 Å². The van der Waals surface area contributed by atoms with Crippen LogP contribution in [0.5, 0.6) is 0 Å². The number of hydrogen-bond acceptors (Lipinski definition) is 6. The number of aliphatic carboxylic acids is 1. The number of halogens is 1. The number of furan rings is 1. The van der Waals surface area contributed by atoms with E-state index in [-0.39, 0.29) is 19.3 Å². The van der Waals surface area contributed by atoms with Gasteiger partial charge in [-0.1, -0.05) is 23.7 Å². The highest BCUT2D eigenvalue weighted by Gasteiger charge is 2.18. The molecule has 1 N–H and O–H groups in total. The van der Waals surface area contributed by atoms with Gasteiger partial charge in [0.2, 0.25) is 5.91 Å². The second-order valence-corrected chi connectivity index (χ2v) is 8.46. The molecule has 8 heteroatoms. The lowest BCUT2D eigenvalue weighted by molar-refractivity contribution is -0.308. The van der Waals surface area contributed by atoms with Crippen molar-refractivity contribution in [2.75, 3.05) is 0 Å². The number of carbonyl (C=O) groups is 2. The second-order valence-electron chi connectivity index (χ2n) is 8.03. The van der Waals surface area contributed by atoms with Crippen molar-refractivity contribution in [2.45, 2.75) is 39.2 Å². The van der Waals surface area contributed by atoms with Gasteiger partial charge in [0, 0.05) is 33.8 Å². The Hall–Kier alpha value is -3.58. The smallest absolute Gasteiger partial charge is 0.339 e. The molecule has 0 aliphatic carbocycles. The van der Waals surface area contributed by atoms with Gasteiger partial charge < -0.3 is 24.1 Å². The number of nitrogens with one attached hydrogen (secondary N) is 1. The zero-order valence-corrected chi connectivity index (χ0v) is 18.8. The summed E-state index contributed by atoms with van der Waals surface area (Å²) in [6.45, 7) is 3.73. The van der Waals surface area contributed by atoms with Crippen molar-refractivity contribution in [3.63, 3.8) is 0 Å². The van der Waals surface area contributed by atoms with Crippen LogP contribution in [0.25, 0.3) is 21.9 Å². The van der Waals surface area contributed by atoms with E-state index in [4.69, 9.17) is 20.4 Å². The van der Waals surface area contributed by atoms with E-state index in [9.17, 15) is 19.5 Å². The maximum absolute atomic E-state index is 12.6. The van der Waals surface area contributed by atoms with Crippen LogP contribution >= 0.6 is 11.6 Å². The summed E-state index contributed by atoms with van der Waals surface area (Å²) < 4.78 is 10.9. The molecule has 33 heavy (non-hydrogen) atoms. The number of hydrogen-bond donors (Lipinski definition) is 1. The first kappa shape index (κ1) is 22.6. The molecule has 0 aliphatic heterocycles. The summed E-state index contributed by atoms with van der Waals surface area (Å²) in [7, 11) is 0. The highest BCUT2D eigenvalue weighted by molar-refractivity contribution is 6.30. The average molecular weight is 467 g/mol. The molecule has 0 aliphatic rings. The van der Waals surface area contributed by atoms with E-state index in [1.165, 1.54) is 0 Å². The van der Waals surface area contributed by atoms with E-state index in [0.717, 1.165) is 16.3 Å². The Kier molecular flexibility index (Phi) is 6.24. The van der Waals surface area contributed by atoms with Gasteiger partial charge in [0.15, 0.2) is 0 Å². The minimum absolute atomic E-state index is 0.0580. The first-order valence-corrected chi connectivity index (χ1v) is 10.8. The number of carbonyl (C=O) groups excluding carboxylic acids is 2. The van der Waals surface area contributed by atoms with Crippen molar-refractivity contribution in [3.8, 4) is 0 Å². The molecule has 0 fully saturated rings. The van der Waals surface area contributed by atoms with Crippen LogP contribution in [-0.4, -0.2) is 17.9 Å². The summed E-state index contributed by atoms with van der Waals surface area (Å²) in [5, 5.41) is 16.2. The number of aryl methyl sites for hydroxylation is 2. The molecule has 0 unspecified atom stereocenters. The van der Waals surface area contributed by atoms with Gasteiger partial charge in [-0.2, -0.15) is 0 Å². The summed E-state index contributed by atoms with van der Waals surface area (Å²) in [6.07, 6.45) is 1.73. The van der Waals surface area contributed by atoms with E-state index in [1.807, 2.05) is 13.0 Å². The van der Waals surface area contributed by atoms with Crippen LogP contribution in [-0.2, 0) is 22.4 Å². The van der Waals surface area contributed by atoms with Crippen molar-refractivity contribution in [1.82, 2.24) is 5.32 Å². The monoisotopic (exact) mass is 466 g/mol. The highest BCUT2D eigenvalue weighted by Crippen LogP contribution is 2.29. The predicted octanol–water partition coefficient (Wildman–Crippen LogP) is 3.22. The maximum atomic E-state index is 12.6. The molecule has 0 spiro atoms. The Morgan fingerprint density at radius 2 is 1.82 bits per heavy atom. The molecule has 0 saturated carbocycles. The third kappa shape index (κ3) is 4.78. The van der Waals surface area contributed by atoms with Crippen LogP contribution in [0.2, 0.25) is 5.02 Å². The van der Waals surface area contributed by atoms with Crippen molar-refractivity contribution in [3.05, 3.63) is 80.4 Å². The molecule has 0 radical (unpaired) electrons. The van der Waals surface area contributed by atoms with Crippen LogP contribution in [0, 0.1) is 13.8 Å². The SMILES string of the molecule is Cc1coc2cc3oc(=O)c(CCC(=O)N[C@H](Cc4ccc(Cl)cc4)C(=O)[O-])c(C)c3cc12. The maximum Gasteiger partial charge on any atom is 0.339 e. The van der Waals surface area contributed by atoms with Gasteiger partial charge in [0.25, 0.3) is 0 Å². The molecule has 0 bridgehead atoms. The van der Waals surface area contributed by atoms with Crippen molar-refractivity contribution >= 4 is 45.4 Å². The highest BCUT2D eigenvalue weighted by atomic mass is 35.5. The van der Waals surface area contributed by atoms with Gasteiger partial charge in [-0.3, -0.25) is 4.79 Å². The minimum atomic E-state index is -1.39. The molecule has 7 nitrogen and oxygen atoms in total. The first-order chi connectivity index (χ1) is 15.7. The largest absolute Gasteiger partial charge is 0.548 e. The number of amides is 1. The third-order valence-corrected chi connectivity index (χ3v) is 6.00. The molecule has 170 valence electrons. The number of fused-ring (bicyclic) bond motifs is 2. The number of rotatable bonds is 7. The van der Waals surface area contributed by atoms with E-state index < -0.39 is 23.5 Å². The topological polar surface area (TPSA) is 113 Å². The summed E-state index contributed by atoms with van der Waals surface area (Å²) >= 11 is 5.85. The number of benzene rings is 2. The molecule has 2 aromatic carbocycles. The standard InChI is InChI=1S/C25H22ClNO6/c1-13-12-32-21-11-22-19(10-18(13)21)14(2)17(25(31)33-22)7-8-23(28)27-20(24(29)30)9-15-3-5-16(26)6-4-15/h3-6,10-12,20H,7-9H2,1-2H3,(H,27,28)(H,29,30)/p-1/t20-/m1/s1. The fraction of sp³-hybridized carbons (Fsp3) is 0.240. The molecule has 0 saturated heterocycles. The Morgan fingerprint density at radius 1 is 1.09 bits per heavy atom. The minimum Gasteiger partial charge on any atom is -0.548 e. The molecule has 4 rings (SSSR count). The van der Waals surface area contributed by atoms with Gasteiger partial charge in [-0.05, 0) is 61.6 Å². The van der Waals surface area contributed by atoms with Crippen LogP contribution in [0.3, 0.4) is 0 Å². The molecule has 2 heterocycles. The van der Waals surface area contributed by atoms with Gasteiger partial charge >= 0.3 is 5.63 Å². The Balaban J connectivity index is 1.50. The molecule has 1 atom stereocenters. The van der Waals surface area contributed by atoms with E-state index in [1.54, 1.807) is 43.5 Å². The number of carboxylic acids is 1. The molecule has 1 amide bonds. The fourth-order valence-electron chi connectivity index (χ4n) is 3.88. The summed E-state index contributed by atoms with van der Waals surface area (Å²) in [5.74, 6) is -1.89.